The minimum atomic E-state index is -0.616. The number of aromatic nitrogens is 2. The molecule has 108 valence electrons. The molecular formula is C13H11BrN4O3. The van der Waals surface area contributed by atoms with Crippen molar-refractivity contribution in [2.45, 2.75) is 6.92 Å². The van der Waals surface area contributed by atoms with E-state index in [4.69, 9.17) is 0 Å². The van der Waals surface area contributed by atoms with E-state index >= 15 is 0 Å². The number of carbonyl (C=O) groups is 1. The summed E-state index contributed by atoms with van der Waals surface area (Å²) in [5.74, 6) is -0.587. The lowest BCUT2D eigenvalue weighted by molar-refractivity contribution is 0.0949. The van der Waals surface area contributed by atoms with Crippen LogP contribution in [-0.2, 0) is 0 Å². The van der Waals surface area contributed by atoms with Crippen molar-refractivity contribution in [2.75, 3.05) is 0 Å². The molecule has 0 aliphatic heterocycles. The number of phenolic OH excluding ortho intramolecular Hbond substituents is 1. The standard InChI is InChI=1S/C13H11BrN4O3/c1-7-4-10(17-13(21)16-7)12(20)18-15-6-8-5-9(14)2-3-11(8)19/h2-6,19H,1H3,(H,18,20)(H,16,17,21)/b15-6+. The average molecular weight is 351 g/mol. The van der Waals surface area contributed by atoms with Gasteiger partial charge in [-0.05, 0) is 31.2 Å². The number of nitrogens with zero attached hydrogens (tertiary/aromatic N) is 2. The van der Waals surface area contributed by atoms with E-state index in [1.807, 2.05) is 0 Å². The molecule has 0 saturated carbocycles. The number of aromatic hydroxyl groups is 1. The van der Waals surface area contributed by atoms with Gasteiger partial charge < -0.3 is 10.1 Å². The Kier molecular flexibility index (Phi) is 4.49. The summed E-state index contributed by atoms with van der Waals surface area (Å²) in [6.45, 7) is 1.64. The van der Waals surface area contributed by atoms with Crippen LogP contribution in [0.5, 0.6) is 5.75 Å². The van der Waals surface area contributed by atoms with E-state index in [1.54, 1.807) is 19.1 Å². The van der Waals surface area contributed by atoms with Gasteiger partial charge in [-0.15, -0.1) is 0 Å². The number of halogens is 1. The quantitative estimate of drug-likeness (QED) is 0.572. The zero-order valence-electron chi connectivity index (χ0n) is 10.9. The Hall–Kier alpha value is -2.48. The van der Waals surface area contributed by atoms with Crippen molar-refractivity contribution in [3.8, 4) is 5.75 Å². The molecule has 3 N–H and O–H groups in total. The highest BCUT2D eigenvalue weighted by Gasteiger charge is 2.07. The van der Waals surface area contributed by atoms with Crippen molar-refractivity contribution in [3.05, 3.63) is 56.2 Å². The van der Waals surface area contributed by atoms with E-state index in [0.29, 0.717) is 11.3 Å². The summed E-state index contributed by atoms with van der Waals surface area (Å²) in [7, 11) is 0. The van der Waals surface area contributed by atoms with Gasteiger partial charge in [-0.25, -0.2) is 10.2 Å². The smallest absolute Gasteiger partial charge is 0.345 e. The van der Waals surface area contributed by atoms with Crippen molar-refractivity contribution >= 4 is 28.1 Å². The predicted molar refractivity (Wildman–Crippen MR) is 80.5 cm³/mol. The first-order chi connectivity index (χ1) is 9.95. The molecule has 0 spiro atoms. The van der Waals surface area contributed by atoms with Gasteiger partial charge >= 0.3 is 5.69 Å². The van der Waals surface area contributed by atoms with Gasteiger partial charge in [0.2, 0.25) is 0 Å². The lowest BCUT2D eigenvalue weighted by Gasteiger charge is -2.01. The van der Waals surface area contributed by atoms with Gasteiger partial charge in [0.25, 0.3) is 5.91 Å². The van der Waals surface area contributed by atoms with Crippen molar-refractivity contribution in [3.63, 3.8) is 0 Å². The van der Waals surface area contributed by atoms with Gasteiger partial charge in [0.1, 0.15) is 11.4 Å². The first kappa shape index (κ1) is 14.9. The normalized spacial score (nSPS) is 10.8. The maximum atomic E-state index is 11.8. The molecule has 1 aromatic heterocycles. The van der Waals surface area contributed by atoms with E-state index in [-0.39, 0.29) is 11.4 Å². The summed E-state index contributed by atoms with van der Waals surface area (Å²) in [4.78, 5) is 28.9. The molecule has 1 amide bonds. The second-order valence-electron chi connectivity index (χ2n) is 4.16. The number of benzene rings is 1. The highest BCUT2D eigenvalue weighted by molar-refractivity contribution is 9.10. The fourth-order valence-corrected chi connectivity index (χ4v) is 1.92. The third-order valence-electron chi connectivity index (χ3n) is 2.47. The van der Waals surface area contributed by atoms with Crippen molar-refractivity contribution in [2.24, 2.45) is 5.10 Å². The molecule has 0 radical (unpaired) electrons. The zero-order chi connectivity index (χ0) is 15.4. The Balaban J connectivity index is 2.12. The number of aryl methyl sites for hydroxylation is 1. The number of carbonyl (C=O) groups excluding carboxylic acids is 1. The maximum absolute atomic E-state index is 11.8. The van der Waals surface area contributed by atoms with Gasteiger partial charge in [0, 0.05) is 15.7 Å². The van der Waals surface area contributed by atoms with E-state index < -0.39 is 11.6 Å². The van der Waals surface area contributed by atoms with Gasteiger partial charge in [-0.1, -0.05) is 15.9 Å². The van der Waals surface area contributed by atoms with Crippen LogP contribution in [0.4, 0.5) is 0 Å². The maximum Gasteiger partial charge on any atom is 0.345 e. The lowest BCUT2D eigenvalue weighted by atomic mass is 10.2. The van der Waals surface area contributed by atoms with Gasteiger partial charge in [0.05, 0.1) is 6.21 Å². The first-order valence-corrected chi connectivity index (χ1v) is 6.65. The topological polar surface area (TPSA) is 107 Å². The third-order valence-corrected chi connectivity index (χ3v) is 2.96. The monoisotopic (exact) mass is 350 g/mol. The van der Waals surface area contributed by atoms with Crippen LogP contribution in [0.2, 0.25) is 0 Å². The number of phenols is 1. The molecule has 0 aliphatic rings. The molecule has 2 rings (SSSR count). The fourth-order valence-electron chi connectivity index (χ4n) is 1.54. The Bertz CT molecular complexity index is 770. The number of amides is 1. The van der Waals surface area contributed by atoms with Crippen LogP contribution in [-0.4, -0.2) is 27.2 Å². The summed E-state index contributed by atoms with van der Waals surface area (Å²) < 4.78 is 0.764. The molecule has 0 saturated heterocycles. The van der Waals surface area contributed by atoms with Crippen LogP contribution < -0.4 is 11.1 Å². The van der Waals surface area contributed by atoms with E-state index in [0.717, 1.165) is 4.47 Å². The lowest BCUT2D eigenvalue weighted by Crippen LogP contribution is -2.24. The number of aromatic amines is 1. The average Bonchev–Trinajstić information content (AvgIpc) is 2.41. The SMILES string of the molecule is Cc1cc(C(=O)N/N=C/c2cc(Br)ccc2O)nc(=O)[nH]1. The number of H-pyrrole nitrogens is 1. The van der Waals surface area contributed by atoms with E-state index in [9.17, 15) is 14.7 Å². The third kappa shape index (κ3) is 3.99. The van der Waals surface area contributed by atoms with Crippen LogP contribution in [0.15, 0.2) is 38.6 Å². The van der Waals surface area contributed by atoms with Gasteiger partial charge in [-0.3, -0.25) is 4.79 Å². The highest BCUT2D eigenvalue weighted by Crippen LogP contribution is 2.19. The van der Waals surface area contributed by atoms with Crippen LogP contribution in [0, 0.1) is 6.92 Å². The molecule has 7 nitrogen and oxygen atoms in total. The molecule has 0 unspecified atom stereocenters. The first-order valence-electron chi connectivity index (χ1n) is 5.85. The van der Waals surface area contributed by atoms with Crippen LogP contribution >= 0.6 is 15.9 Å². The van der Waals surface area contributed by atoms with E-state index in [1.165, 1.54) is 18.3 Å². The highest BCUT2D eigenvalue weighted by atomic mass is 79.9. The molecule has 0 aliphatic carbocycles. The predicted octanol–water partition coefficient (Wildman–Crippen LogP) is 1.31. The largest absolute Gasteiger partial charge is 0.507 e. The Morgan fingerprint density at radius 3 is 2.95 bits per heavy atom. The van der Waals surface area contributed by atoms with Crippen LogP contribution in [0.25, 0.3) is 0 Å². The molecular weight excluding hydrogens is 340 g/mol. The number of rotatable bonds is 3. The number of hydrogen-bond acceptors (Lipinski definition) is 5. The number of nitrogens with one attached hydrogen (secondary N) is 2. The molecule has 8 heteroatoms. The van der Waals surface area contributed by atoms with Gasteiger partial charge in [0.15, 0.2) is 0 Å². The number of hydrogen-bond donors (Lipinski definition) is 3. The minimum Gasteiger partial charge on any atom is -0.507 e. The van der Waals surface area contributed by atoms with Crippen LogP contribution in [0.3, 0.4) is 0 Å². The van der Waals surface area contributed by atoms with Crippen LogP contribution in [0.1, 0.15) is 21.7 Å². The summed E-state index contributed by atoms with van der Waals surface area (Å²) in [6, 6.07) is 6.24. The zero-order valence-corrected chi connectivity index (χ0v) is 12.5. The van der Waals surface area contributed by atoms with Gasteiger partial charge in [-0.2, -0.15) is 10.1 Å². The summed E-state index contributed by atoms with van der Waals surface area (Å²) in [6.07, 6.45) is 1.29. The second kappa shape index (κ2) is 6.31. The minimum absolute atomic E-state index is 0.0290. The fraction of sp³-hybridized carbons (Fsp3) is 0.0769. The Labute approximate surface area is 127 Å². The molecule has 1 aromatic carbocycles. The molecule has 0 fully saturated rings. The summed E-state index contributed by atoms with van der Waals surface area (Å²) in [5.41, 5.74) is 2.55. The molecule has 0 bridgehead atoms. The molecule has 0 atom stereocenters. The van der Waals surface area contributed by atoms with E-state index in [2.05, 4.69) is 36.4 Å². The van der Waals surface area contributed by atoms with Crippen molar-refractivity contribution < 1.29 is 9.90 Å². The molecule has 1 heterocycles. The summed E-state index contributed by atoms with van der Waals surface area (Å²) in [5, 5.41) is 13.3. The Morgan fingerprint density at radius 1 is 1.48 bits per heavy atom. The Morgan fingerprint density at radius 2 is 2.24 bits per heavy atom. The van der Waals surface area contributed by atoms with Crippen molar-refractivity contribution in [1.82, 2.24) is 15.4 Å². The van der Waals surface area contributed by atoms with Crippen molar-refractivity contribution in [1.29, 1.82) is 0 Å². The second-order valence-corrected chi connectivity index (χ2v) is 5.07. The molecule has 2 aromatic rings. The number of hydrazone groups is 1. The molecule has 21 heavy (non-hydrogen) atoms. The summed E-state index contributed by atoms with van der Waals surface area (Å²) >= 11 is 3.26.